The number of fused-ring (bicyclic) bond motifs is 1. The molecular formula is C22H37N5O2. The second-order valence-corrected chi connectivity index (χ2v) is 8.51. The molecule has 1 aromatic rings. The minimum Gasteiger partial charge on any atom is -0.460 e. The lowest BCUT2D eigenvalue weighted by atomic mass is 9.91. The fourth-order valence-electron chi connectivity index (χ4n) is 4.45. The highest BCUT2D eigenvalue weighted by Gasteiger charge is 2.32. The highest BCUT2D eigenvalue weighted by Crippen LogP contribution is 2.33. The molecule has 0 aliphatic carbocycles. The van der Waals surface area contributed by atoms with E-state index in [-0.39, 0.29) is 18.0 Å². The Labute approximate surface area is 175 Å². The molecule has 0 unspecified atom stereocenters. The highest BCUT2D eigenvalue weighted by molar-refractivity contribution is 6.01. The van der Waals surface area contributed by atoms with Gasteiger partial charge in [0.2, 0.25) is 5.91 Å². The molecule has 2 aliphatic heterocycles. The van der Waals surface area contributed by atoms with Crippen molar-refractivity contribution in [2.24, 2.45) is 5.92 Å². The zero-order chi connectivity index (χ0) is 20.8. The molecule has 162 valence electrons. The number of unbranched alkanes of at least 4 members (excludes halogenated alkanes) is 1. The summed E-state index contributed by atoms with van der Waals surface area (Å²) in [4.78, 5) is 25.7. The lowest BCUT2D eigenvalue weighted by Gasteiger charge is -2.31. The standard InChI is InChI=1S/C22H37N5O2/c1-4-8-16(3)29-22-24-20(23)18-15-19(28)27(21(18)25-22)12-7-6-9-17-10-13-26(5-2)14-11-17/h16-17H,4-15H2,1-3H3,(H2,23,24,25)/t16-/m0/s1. The number of rotatable bonds is 10. The number of carbonyl (C=O) groups excluding carboxylic acids is 1. The van der Waals surface area contributed by atoms with Gasteiger partial charge in [0, 0.05) is 12.1 Å². The number of nitrogen functional groups attached to an aromatic ring is 1. The molecule has 0 aromatic carbocycles. The first-order chi connectivity index (χ1) is 14.0. The Bertz CT molecular complexity index is 688. The van der Waals surface area contributed by atoms with E-state index >= 15 is 0 Å². The van der Waals surface area contributed by atoms with Gasteiger partial charge in [0.25, 0.3) is 0 Å². The molecule has 2 aliphatic rings. The molecule has 3 heterocycles. The first-order valence-electron chi connectivity index (χ1n) is 11.4. The van der Waals surface area contributed by atoms with Crippen molar-refractivity contribution < 1.29 is 9.53 Å². The number of ether oxygens (including phenoxy) is 1. The largest absolute Gasteiger partial charge is 0.460 e. The summed E-state index contributed by atoms with van der Waals surface area (Å²) in [6.07, 6.45) is 8.28. The summed E-state index contributed by atoms with van der Waals surface area (Å²) in [5.74, 6) is 1.91. The maximum absolute atomic E-state index is 12.5. The van der Waals surface area contributed by atoms with Crippen LogP contribution >= 0.6 is 0 Å². The van der Waals surface area contributed by atoms with Gasteiger partial charge in [-0.15, -0.1) is 0 Å². The predicted molar refractivity (Wildman–Crippen MR) is 116 cm³/mol. The molecule has 0 bridgehead atoms. The Morgan fingerprint density at radius 2 is 1.97 bits per heavy atom. The summed E-state index contributed by atoms with van der Waals surface area (Å²) in [5.41, 5.74) is 6.86. The molecule has 7 nitrogen and oxygen atoms in total. The number of nitrogens with zero attached hydrogens (tertiary/aromatic N) is 4. The van der Waals surface area contributed by atoms with Crippen molar-refractivity contribution in [3.63, 3.8) is 0 Å². The fourth-order valence-corrected chi connectivity index (χ4v) is 4.45. The van der Waals surface area contributed by atoms with Gasteiger partial charge in [-0.05, 0) is 58.2 Å². The second-order valence-electron chi connectivity index (χ2n) is 8.51. The molecule has 0 radical (unpaired) electrons. The second kappa shape index (κ2) is 10.2. The van der Waals surface area contributed by atoms with Crippen LogP contribution in [0.3, 0.4) is 0 Å². The van der Waals surface area contributed by atoms with Gasteiger partial charge in [-0.1, -0.05) is 33.1 Å². The molecule has 2 N–H and O–H groups in total. The molecule has 29 heavy (non-hydrogen) atoms. The van der Waals surface area contributed by atoms with Crippen molar-refractivity contribution in [3.8, 4) is 6.01 Å². The van der Waals surface area contributed by atoms with Crippen LogP contribution in [0.5, 0.6) is 6.01 Å². The van der Waals surface area contributed by atoms with Crippen LogP contribution in [0.2, 0.25) is 0 Å². The van der Waals surface area contributed by atoms with E-state index in [1.54, 1.807) is 4.90 Å². The summed E-state index contributed by atoms with van der Waals surface area (Å²) in [5, 5.41) is 0. The van der Waals surface area contributed by atoms with Crippen LogP contribution in [0.15, 0.2) is 0 Å². The molecule has 1 fully saturated rings. The molecule has 0 spiro atoms. The van der Waals surface area contributed by atoms with Crippen LogP contribution < -0.4 is 15.4 Å². The summed E-state index contributed by atoms with van der Waals surface area (Å²) in [6.45, 7) is 10.7. The van der Waals surface area contributed by atoms with E-state index in [1.165, 1.54) is 32.4 Å². The van der Waals surface area contributed by atoms with Crippen molar-refractivity contribution >= 4 is 17.5 Å². The molecule has 7 heteroatoms. The average Bonchev–Trinajstić information content (AvgIpc) is 3.02. The number of nitrogens with two attached hydrogens (primary N) is 1. The molecule has 1 aromatic heterocycles. The third-order valence-electron chi connectivity index (χ3n) is 6.28. The highest BCUT2D eigenvalue weighted by atomic mass is 16.5. The van der Waals surface area contributed by atoms with Gasteiger partial charge < -0.3 is 15.4 Å². The fraction of sp³-hybridized carbons (Fsp3) is 0.773. The van der Waals surface area contributed by atoms with E-state index in [9.17, 15) is 4.79 Å². The molecule has 1 amide bonds. The van der Waals surface area contributed by atoms with Gasteiger partial charge in [-0.3, -0.25) is 9.69 Å². The van der Waals surface area contributed by atoms with Gasteiger partial charge in [0.05, 0.1) is 12.5 Å². The van der Waals surface area contributed by atoms with Crippen molar-refractivity contribution in [2.75, 3.05) is 36.8 Å². The predicted octanol–water partition coefficient (Wildman–Crippen LogP) is 3.42. The van der Waals surface area contributed by atoms with Gasteiger partial charge >= 0.3 is 6.01 Å². The van der Waals surface area contributed by atoms with Crippen LogP contribution in [0.1, 0.15) is 71.3 Å². The van der Waals surface area contributed by atoms with E-state index in [2.05, 4.69) is 28.7 Å². The van der Waals surface area contributed by atoms with E-state index in [4.69, 9.17) is 10.5 Å². The van der Waals surface area contributed by atoms with Crippen LogP contribution in [0.4, 0.5) is 11.6 Å². The van der Waals surface area contributed by atoms with Crippen LogP contribution in [-0.4, -0.2) is 53.1 Å². The number of likely N-dealkylation sites (tertiary alicyclic amines) is 1. The maximum atomic E-state index is 12.5. The van der Waals surface area contributed by atoms with Crippen molar-refractivity contribution in [1.29, 1.82) is 0 Å². The third kappa shape index (κ3) is 5.59. The van der Waals surface area contributed by atoms with Crippen molar-refractivity contribution in [3.05, 3.63) is 5.56 Å². The number of carbonyl (C=O) groups is 1. The smallest absolute Gasteiger partial charge is 0.320 e. The summed E-state index contributed by atoms with van der Waals surface area (Å²) in [7, 11) is 0. The topological polar surface area (TPSA) is 84.6 Å². The van der Waals surface area contributed by atoms with Crippen molar-refractivity contribution in [2.45, 2.75) is 78.2 Å². The van der Waals surface area contributed by atoms with Crippen molar-refractivity contribution in [1.82, 2.24) is 14.9 Å². The third-order valence-corrected chi connectivity index (χ3v) is 6.28. The zero-order valence-corrected chi connectivity index (χ0v) is 18.3. The van der Waals surface area contributed by atoms with E-state index < -0.39 is 0 Å². The summed E-state index contributed by atoms with van der Waals surface area (Å²) < 4.78 is 5.82. The number of hydrogen-bond donors (Lipinski definition) is 1. The molecule has 1 saturated heterocycles. The van der Waals surface area contributed by atoms with E-state index in [0.29, 0.717) is 24.6 Å². The summed E-state index contributed by atoms with van der Waals surface area (Å²) >= 11 is 0. The zero-order valence-electron chi connectivity index (χ0n) is 18.3. The van der Waals surface area contributed by atoms with Crippen LogP contribution in [0, 0.1) is 5.92 Å². The van der Waals surface area contributed by atoms with Gasteiger partial charge in [-0.25, -0.2) is 0 Å². The Balaban J connectivity index is 1.53. The minimum atomic E-state index is 0.0298. The number of piperidine rings is 1. The van der Waals surface area contributed by atoms with Gasteiger partial charge in [0.15, 0.2) is 0 Å². The van der Waals surface area contributed by atoms with Crippen LogP contribution in [0.25, 0.3) is 0 Å². The Morgan fingerprint density at radius 1 is 1.21 bits per heavy atom. The lowest BCUT2D eigenvalue weighted by molar-refractivity contribution is -0.117. The Kier molecular flexibility index (Phi) is 7.70. The monoisotopic (exact) mass is 403 g/mol. The first-order valence-corrected chi connectivity index (χ1v) is 11.4. The quantitative estimate of drug-likeness (QED) is 0.603. The Hall–Kier alpha value is -1.89. The number of amides is 1. The van der Waals surface area contributed by atoms with Gasteiger partial charge in [-0.2, -0.15) is 9.97 Å². The van der Waals surface area contributed by atoms with E-state index in [0.717, 1.165) is 43.7 Å². The lowest BCUT2D eigenvalue weighted by Crippen LogP contribution is -2.33. The average molecular weight is 404 g/mol. The number of aromatic nitrogens is 2. The molecule has 0 saturated carbocycles. The molecular weight excluding hydrogens is 366 g/mol. The maximum Gasteiger partial charge on any atom is 0.320 e. The SMILES string of the molecule is CCC[C@H](C)Oc1nc(N)c2c(n1)N(CCCCC1CCN(CC)CC1)C(=O)C2. The van der Waals surface area contributed by atoms with E-state index in [1.807, 2.05) is 6.92 Å². The van der Waals surface area contributed by atoms with Crippen LogP contribution in [-0.2, 0) is 11.2 Å². The van der Waals surface area contributed by atoms with Gasteiger partial charge in [0.1, 0.15) is 11.6 Å². The normalized spacial score (nSPS) is 18.9. The summed E-state index contributed by atoms with van der Waals surface area (Å²) in [6, 6.07) is 0.282. The number of anilines is 2. The molecule has 3 rings (SSSR count). The molecule has 1 atom stereocenters. The number of hydrogen-bond acceptors (Lipinski definition) is 6. The Morgan fingerprint density at radius 3 is 2.66 bits per heavy atom. The minimum absolute atomic E-state index is 0.0298. The first kappa shape index (κ1) is 21.8.